The molecule has 6 atom stereocenters. The number of aromatic hydroxyl groups is 1. The molecule has 13 nitrogen and oxygen atoms in total. The number of phenols is 1. The Morgan fingerprint density at radius 1 is 1.17 bits per heavy atom. The highest BCUT2D eigenvalue weighted by atomic mass is 32.1. The number of carbonyl (C=O) groups excluding carboxylic acids is 3. The van der Waals surface area contributed by atoms with Gasteiger partial charge in [0, 0.05) is 17.4 Å². The van der Waals surface area contributed by atoms with Crippen molar-refractivity contribution in [2.24, 2.45) is 11.8 Å². The number of likely N-dealkylation sites (N-methyl/N-ethyl adjacent to an activating group) is 1. The van der Waals surface area contributed by atoms with Gasteiger partial charge in [0.05, 0.1) is 23.9 Å². The molecule has 0 radical (unpaired) electrons. The number of fused-ring (bicyclic) bond motifs is 3. The summed E-state index contributed by atoms with van der Waals surface area (Å²) in [6, 6.07) is 1.80. The van der Waals surface area contributed by atoms with Crippen molar-refractivity contribution in [3.63, 3.8) is 0 Å². The zero-order chi connectivity index (χ0) is 30.6. The minimum absolute atomic E-state index is 0.127. The highest BCUT2D eigenvalue weighted by Crippen LogP contribution is 2.57. The number of amides is 1. The summed E-state index contributed by atoms with van der Waals surface area (Å²) in [6.07, 6.45) is -0.134. The molecule has 0 bridgehead atoms. The lowest BCUT2D eigenvalue weighted by Gasteiger charge is -2.53. The van der Waals surface area contributed by atoms with Crippen LogP contribution in [-0.2, 0) is 24.8 Å². The molecule has 1 aromatic rings. The second-order valence-electron chi connectivity index (χ2n) is 10.9. The van der Waals surface area contributed by atoms with E-state index >= 15 is 0 Å². The first-order chi connectivity index (χ1) is 19.1. The van der Waals surface area contributed by atoms with Gasteiger partial charge in [-0.25, -0.2) is 0 Å². The molecule has 3 aliphatic rings. The van der Waals surface area contributed by atoms with Gasteiger partial charge in [-0.2, -0.15) is 12.6 Å². The number of hydrogen-bond acceptors (Lipinski definition) is 12. The number of hydrogen-bond donors (Lipinski definition) is 9. The van der Waals surface area contributed by atoms with Crippen LogP contribution in [0.4, 0.5) is 0 Å². The molecular formula is C27H33N3O10S. The molecule has 8 N–H and O–H groups in total. The van der Waals surface area contributed by atoms with Gasteiger partial charge in [-0.05, 0) is 51.2 Å². The van der Waals surface area contributed by atoms with Crippen molar-refractivity contribution in [3.05, 3.63) is 46.2 Å². The predicted octanol–water partition coefficient (Wildman–Crippen LogP) is -0.420. The quantitative estimate of drug-likeness (QED) is 0.107. The molecular weight excluding hydrogens is 558 g/mol. The summed E-state index contributed by atoms with van der Waals surface area (Å²) in [5.41, 5.74) is -6.12. The standard InChI is InChI=1S/C27H33N3O10S/c1-26(39)11-5-4-6-15(31)16(11)20(32)17-12(26)9-13-19(30(2)3)21(33)18(23(35)27(13,40)22(17)34)24(36)29-10-28-14(7-8-41)25(37)38/h4-6,12-14,19,28,31-32,35,39-41H,7-10H2,1-3H3,(H,29,36)(H,37,38). The summed E-state index contributed by atoms with van der Waals surface area (Å²) in [7, 11) is 2.97. The summed E-state index contributed by atoms with van der Waals surface area (Å²) in [5.74, 6) is -9.08. The van der Waals surface area contributed by atoms with Crippen LogP contribution >= 0.6 is 12.6 Å². The number of aliphatic hydroxyl groups is 4. The topological polar surface area (TPSA) is 217 Å². The Bertz CT molecular complexity index is 1390. The Balaban J connectivity index is 1.81. The number of carbonyl (C=O) groups is 4. The number of carboxylic acids is 1. The lowest BCUT2D eigenvalue weighted by atomic mass is 9.54. The number of aliphatic carboxylic acids is 1. The number of carboxylic acid groups (broad SMARTS) is 1. The van der Waals surface area contributed by atoms with Gasteiger partial charge in [-0.3, -0.25) is 29.4 Å². The molecule has 0 saturated heterocycles. The zero-order valence-corrected chi connectivity index (χ0v) is 23.5. The van der Waals surface area contributed by atoms with Crippen molar-refractivity contribution in [2.75, 3.05) is 26.5 Å². The summed E-state index contributed by atoms with van der Waals surface area (Å²) in [4.78, 5) is 53.6. The van der Waals surface area contributed by atoms with Gasteiger partial charge < -0.3 is 36.0 Å². The Labute approximate surface area is 240 Å². The molecule has 1 aromatic carbocycles. The minimum atomic E-state index is -2.85. The molecule has 222 valence electrons. The average molecular weight is 592 g/mol. The third-order valence-corrected chi connectivity index (χ3v) is 8.57. The Morgan fingerprint density at radius 2 is 1.83 bits per heavy atom. The number of Topliss-reactive ketones (excluding diaryl/α,β-unsaturated/α-hetero) is 2. The molecule has 0 heterocycles. The van der Waals surface area contributed by atoms with Crippen molar-refractivity contribution >= 4 is 41.8 Å². The van der Waals surface area contributed by atoms with Crippen molar-refractivity contribution in [1.29, 1.82) is 0 Å². The van der Waals surface area contributed by atoms with Gasteiger partial charge in [0.1, 0.15) is 28.9 Å². The van der Waals surface area contributed by atoms with Crippen LogP contribution in [0.15, 0.2) is 35.1 Å². The number of phenolic OH excluding ortho intramolecular Hbond substituents is 1. The van der Waals surface area contributed by atoms with Crippen LogP contribution in [0, 0.1) is 11.8 Å². The first-order valence-corrected chi connectivity index (χ1v) is 13.5. The number of rotatable bonds is 8. The zero-order valence-electron chi connectivity index (χ0n) is 22.6. The van der Waals surface area contributed by atoms with Crippen molar-refractivity contribution in [3.8, 4) is 5.75 Å². The van der Waals surface area contributed by atoms with E-state index in [1.807, 2.05) is 0 Å². The smallest absolute Gasteiger partial charge is 0.320 e. The molecule has 1 amide bonds. The largest absolute Gasteiger partial charge is 0.508 e. The van der Waals surface area contributed by atoms with Crippen LogP contribution in [0.5, 0.6) is 5.75 Å². The van der Waals surface area contributed by atoms with Crippen molar-refractivity contribution < 1.29 is 49.8 Å². The monoisotopic (exact) mass is 591 g/mol. The summed E-state index contributed by atoms with van der Waals surface area (Å²) in [5, 5.41) is 70.4. The maximum Gasteiger partial charge on any atom is 0.320 e. The highest BCUT2D eigenvalue weighted by molar-refractivity contribution is 7.80. The van der Waals surface area contributed by atoms with Gasteiger partial charge in [0.2, 0.25) is 5.78 Å². The van der Waals surface area contributed by atoms with Gasteiger partial charge in [0.25, 0.3) is 5.91 Å². The lowest BCUT2D eigenvalue weighted by Crippen LogP contribution is -2.67. The first kappa shape index (κ1) is 30.5. The number of thiol groups is 1. The average Bonchev–Trinajstić information content (AvgIpc) is 2.88. The van der Waals surface area contributed by atoms with Gasteiger partial charge >= 0.3 is 5.97 Å². The predicted molar refractivity (Wildman–Crippen MR) is 147 cm³/mol. The van der Waals surface area contributed by atoms with Crippen LogP contribution in [0.1, 0.15) is 30.9 Å². The molecule has 0 spiro atoms. The molecule has 41 heavy (non-hydrogen) atoms. The summed E-state index contributed by atoms with van der Waals surface area (Å²) in [6.45, 7) is 0.956. The SMILES string of the molecule is CN(C)C1C(=O)C(C(=O)NCNC(CCS)C(=O)O)=C(O)C2(O)C(=O)C3=C(O)c4c(O)cccc4C(C)(O)C3CC12. The third-order valence-electron chi connectivity index (χ3n) is 8.31. The second-order valence-corrected chi connectivity index (χ2v) is 11.3. The number of aliphatic hydroxyl groups excluding tert-OH is 2. The minimum Gasteiger partial charge on any atom is -0.508 e. The third kappa shape index (κ3) is 4.59. The van der Waals surface area contributed by atoms with Crippen LogP contribution in [0.3, 0.4) is 0 Å². The molecule has 4 rings (SSSR count). The fourth-order valence-electron chi connectivity index (χ4n) is 6.27. The molecule has 3 aliphatic carbocycles. The lowest BCUT2D eigenvalue weighted by molar-refractivity contribution is -0.159. The van der Waals surface area contributed by atoms with Crippen LogP contribution in [0.2, 0.25) is 0 Å². The molecule has 0 aromatic heterocycles. The second kappa shape index (κ2) is 10.8. The summed E-state index contributed by atoms with van der Waals surface area (Å²) >= 11 is 3.99. The van der Waals surface area contributed by atoms with Crippen LogP contribution in [-0.4, -0.2) is 103 Å². The fourth-order valence-corrected chi connectivity index (χ4v) is 6.53. The van der Waals surface area contributed by atoms with Gasteiger partial charge in [-0.15, -0.1) is 0 Å². The van der Waals surface area contributed by atoms with Crippen LogP contribution < -0.4 is 10.6 Å². The van der Waals surface area contributed by atoms with Crippen molar-refractivity contribution in [1.82, 2.24) is 15.5 Å². The molecule has 1 saturated carbocycles. The van der Waals surface area contributed by atoms with E-state index in [4.69, 9.17) is 0 Å². The maximum absolute atomic E-state index is 14.0. The van der Waals surface area contributed by atoms with E-state index in [0.29, 0.717) is 0 Å². The van der Waals surface area contributed by atoms with E-state index < -0.39 is 93.6 Å². The molecule has 0 aliphatic heterocycles. The molecule has 6 unspecified atom stereocenters. The molecule has 14 heteroatoms. The van der Waals surface area contributed by atoms with Gasteiger partial charge in [0.15, 0.2) is 11.4 Å². The number of nitrogens with one attached hydrogen (secondary N) is 2. The van der Waals surface area contributed by atoms with E-state index in [0.717, 1.165) is 0 Å². The normalized spacial score (nSPS) is 30.1. The Hall–Kier alpha value is -3.43. The first-order valence-electron chi connectivity index (χ1n) is 12.9. The summed E-state index contributed by atoms with van der Waals surface area (Å²) < 4.78 is 0. The Kier molecular flexibility index (Phi) is 8.01. The van der Waals surface area contributed by atoms with E-state index in [9.17, 15) is 49.8 Å². The fraction of sp³-hybridized carbons (Fsp3) is 0.481. The van der Waals surface area contributed by atoms with E-state index in [1.165, 1.54) is 44.1 Å². The highest BCUT2D eigenvalue weighted by Gasteiger charge is 2.66. The Morgan fingerprint density at radius 3 is 2.41 bits per heavy atom. The maximum atomic E-state index is 14.0. The van der Waals surface area contributed by atoms with Gasteiger partial charge in [-0.1, -0.05) is 12.1 Å². The van der Waals surface area contributed by atoms with Crippen LogP contribution in [0.25, 0.3) is 5.76 Å². The number of benzene rings is 1. The number of nitrogens with zero attached hydrogens (tertiary/aromatic N) is 1. The van der Waals surface area contributed by atoms with E-state index in [2.05, 4.69) is 23.3 Å². The molecule has 1 fully saturated rings. The van der Waals surface area contributed by atoms with Crippen molar-refractivity contribution in [2.45, 2.75) is 43.1 Å². The van der Waals surface area contributed by atoms with E-state index in [-0.39, 0.29) is 29.7 Å². The number of ketones is 2. The van der Waals surface area contributed by atoms with E-state index in [1.54, 1.807) is 0 Å².